The van der Waals surface area contributed by atoms with E-state index in [1.165, 1.54) is 99.4 Å². The Balaban J connectivity index is 0.979. The number of hydrogen-bond donors (Lipinski definition) is 0. The molecule has 0 fully saturated rings. The van der Waals surface area contributed by atoms with Crippen molar-refractivity contribution in [3.63, 3.8) is 0 Å². The van der Waals surface area contributed by atoms with Crippen LogP contribution in [-0.4, -0.2) is 0 Å². The Morgan fingerprint density at radius 2 is 0.575 bits per heavy atom. The van der Waals surface area contributed by atoms with Gasteiger partial charge in [-0.1, -0.05) is 198 Å². The van der Waals surface area contributed by atoms with E-state index in [1.54, 1.807) is 0 Å². The second-order valence-corrected chi connectivity index (χ2v) is 21.5. The summed E-state index contributed by atoms with van der Waals surface area (Å²) >= 11 is 0. The van der Waals surface area contributed by atoms with Crippen LogP contribution in [0.2, 0.25) is 0 Å². The zero-order valence-corrected chi connectivity index (χ0v) is 41.3. The van der Waals surface area contributed by atoms with Crippen LogP contribution in [0.3, 0.4) is 0 Å². The zero-order chi connectivity index (χ0) is 48.8. The first-order chi connectivity index (χ1) is 35.7. The zero-order valence-electron chi connectivity index (χ0n) is 41.3. The van der Waals surface area contributed by atoms with E-state index in [1.807, 2.05) is 12.1 Å². The van der Waals surface area contributed by atoms with E-state index < -0.39 is 5.41 Å². The largest absolute Gasteiger partial charge is 0.456 e. The second-order valence-electron chi connectivity index (χ2n) is 21.5. The first kappa shape index (κ1) is 42.0. The third-order valence-electron chi connectivity index (χ3n) is 17.0. The molecule has 12 aromatic rings. The van der Waals surface area contributed by atoms with Gasteiger partial charge in [0.15, 0.2) is 0 Å². The maximum Gasteiger partial charge on any atom is 0.135 e. The summed E-state index contributed by atoms with van der Waals surface area (Å²) in [4.78, 5) is 0. The van der Waals surface area contributed by atoms with Gasteiger partial charge in [-0.05, 0) is 160 Å². The smallest absolute Gasteiger partial charge is 0.135 e. The molecule has 3 aliphatic rings. The first-order valence-electron chi connectivity index (χ1n) is 25.6. The average molecular weight is 935 g/mol. The highest BCUT2D eigenvalue weighted by Crippen LogP contribution is 2.64. The van der Waals surface area contributed by atoms with Crippen molar-refractivity contribution in [3.8, 4) is 78.7 Å². The Labute approximate surface area is 425 Å². The van der Waals surface area contributed by atoms with Gasteiger partial charge in [0, 0.05) is 33.1 Å². The Morgan fingerprint density at radius 1 is 0.260 bits per heavy atom. The monoisotopic (exact) mass is 934 g/mol. The fourth-order valence-electron chi connectivity index (χ4n) is 13.5. The van der Waals surface area contributed by atoms with Crippen molar-refractivity contribution >= 4 is 21.5 Å². The van der Waals surface area contributed by atoms with Crippen molar-refractivity contribution in [1.82, 2.24) is 0 Å². The van der Waals surface area contributed by atoms with Gasteiger partial charge in [-0.25, -0.2) is 0 Å². The molecule has 0 radical (unpaired) electrons. The van der Waals surface area contributed by atoms with Crippen molar-refractivity contribution < 1.29 is 8.83 Å². The summed E-state index contributed by atoms with van der Waals surface area (Å²) in [6, 6.07) is 85.0. The molecule has 0 unspecified atom stereocenters. The Bertz CT molecular complexity index is 3950. The maximum absolute atomic E-state index is 6.74. The van der Waals surface area contributed by atoms with Crippen LogP contribution in [0.5, 0.6) is 0 Å². The van der Waals surface area contributed by atoms with Crippen LogP contribution in [0.25, 0.3) is 100 Å². The molecule has 0 N–H and O–H groups in total. The van der Waals surface area contributed by atoms with Crippen molar-refractivity contribution in [3.05, 3.63) is 275 Å². The number of benzene rings is 10. The fourth-order valence-corrected chi connectivity index (χ4v) is 13.5. The Hall–Kier alpha value is -8.72. The SMILES string of the molecule is CC1(C)c2cc3c(cc2-c2c1cc(-c1ccc(-c4ccccc4)o1)c1ccccc21)C(c1ccccc1)(c1ccccc1)c1cc2c(cc1-3)C(C)(C)c1cc(-c3ccc(-c4ccccc4)o3)c3ccccc3c1-2. The summed E-state index contributed by atoms with van der Waals surface area (Å²) in [5, 5.41) is 4.87. The lowest BCUT2D eigenvalue weighted by Gasteiger charge is -2.34. The lowest BCUT2D eigenvalue weighted by molar-refractivity contribution is 0.597. The minimum absolute atomic E-state index is 0.313. The van der Waals surface area contributed by atoms with Crippen molar-refractivity contribution in [2.45, 2.75) is 43.9 Å². The van der Waals surface area contributed by atoms with Crippen LogP contribution in [0.15, 0.2) is 239 Å². The van der Waals surface area contributed by atoms with Crippen LogP contribution in [-0.2, 0) is 16.2 Å². The summed E-state index contributed by atoms with van der Waals surface area (Å²) < 4.78 is 13.5. The lowest BCUT2D eigenvalue weighted by atomic mass is 9.67. The molecule has 15 rings (SSSR count). The molecule has 0 atom stereocenters. The molecule has 10 aromatic carbocycles. The van der Waals surface area contributed by atoms with E-state index in [0.29, 0.717) is 0 Å². The van der Waals surface area contributed by atoms with E-state index in [9.17, 15) is 0 Å². The Morgan fingerprint density at radius 3 is 0.973 bits per heavy atom. The van der Waals surface area contributed by atoms with Gasteiger partial charge >= 0.3 is 0 Å². The average Bonchev–Trinajstić information content (AvgIpc) is 4.27. The van der Waals surface area contributed by atoms with Gasteiger partial charge in [-0.15, -0.1) is 0 Å². The van der Waals surface area contributed by atoms with Crippen LogP contribution in [0.1, 0.15) is 72.2 Å². The minimum atomic E-state index is -0.619. The van der Waals surface area contributed by atoms with Gasteiger partial charge in [0.25, 0.3) is 0 Å². The topological polar surface area (TPSA) is 26.3 Å². The minimum Gasteiger partial charge on any atom is -0.456 e. The molecule has 0 spiro atoms. The molecular weight excluding hydrogens is 885 g/mol. The summed E-state index contributed by atoms with van der Waals surface area (Å²) in [5.41, 5.74) is 21.5. The van der Waals surface area contributed by atoms with Crippen LogP contribution < -0.4 is 0 Å². The summed E-state index contributed by atoms with van der Waals surface area (Å²) in [6.45, 7) is 9.69. The van der Waals surface area contributed by atoms with Gasteiger partial charge in [0.05, 0.1) is 5.41 Å². The first-order valence-corrected chi connectivity index (χ1v) is 25.6. The van der Waals surface area contributed by atoms with Gasteiger partial charge in [0.2, 0.25) is 0 Å². The van der Waals surface area contributed by atoms with E-state index in [-0.39, 0.29) is 10.8 Å². The van der Waals surface area contributed by atoms with Crippen LogP contribution in [0, 0.1) is 0 Å². The van der Waals surface area contributed by atoms with E-state index in [4.69, 9.17) is 8.83 Å². The van der Waals surface area contributed by atoms with Crippen LogP contribution in [0.4, 0.5) is 0 Å². The molecule has 2 heteroatoms. The van der Waals surface area contributed by atoms with Crippen molar-refractivity contribution in [2.75, 3.05) is 0 Å². The summed E-state index contributed by atoms with van der Waals surface area (Å²) in [6.07, 6.45) is 0. The molecule has 0 saturated carbocycles. The maximum atomic E-state index is 6.74. The molecule has 3 aliphatic carbocycles. The third-order valence-corrected chi connectivity index (χ3v) is 17.0. The third kappa shape index (κ3) is 5.75. The number of hydrogen-bond acceptors (Lipinski definition) is 2. The molecule has 0 amide bonds. The predicted molar refractivity (Wildman–Crippen MR) is 300 cm³/mol. The van der Waals surface area contributed by atoms with Crippen molar-refractivity contribution in [1.29, 1.82) is 0 Å². The van der Waals surface area contributed by atoms with Crippen molar-refractivity contribution in [2.24, 2.45) is 0 Å². The second kappa shape index (κ2) is 15.2. The fraction of sp³-hybridized carbons (Fsp3) is 0.0986. The molecule has 73 heavy (non-hydrogen) atoms. The van der Waals surface area contributed by atoms with Gasteiger partial charge in [-0.3, -0.25) is 0 Å². The van der Waals surface area contributed by atoms with E-state index in [0.717, 1.165) is 45.3 Å². The summed E-state index contributed by atoms with van der Waals surface area (Å²) in [5.74, 6) is 3.51. The van der Waals surface area contributed by atoms with E-state index >= 15 is 0 Å². The Kier molecular flexibility index (Phi) is 8.72. The highest BCUT2D eigenvalue weighted by atomic mass is 16.3. The number of fused-ring (bicyclic) bond motifs is 13. The lowest BCUT2D eigenvalue weighted by Crippen LogP contribution is -2.29. The highest BCUT2D eigenvalue weighted by molar-refractivity contribution is 6.11. The molecule has 2 heterocycles. The van der Waals surface area contributed by atoms with Gasteiger partial charge in [0.1, 0.15) is 23.0 Å². The standard InChI is InChI=1S/C71H50O2/c1-69(2)57-37-51-52-38-58-56(68-50-32-20-18-30-48(50)54(40-62(68)70(58,3)4)66-36-34-64(73-66)44-23-11-6-12-24-44)42-60(52)71(45-25-13-7-14-26-45,46-27-15-8-16-28-46)59(51)41-55(57)67-49-31-19-17-29-47(49)53(39-61(67)69)65-35-33-63(72-65)43-21-9-5-10-22-43/h5-42H,1-4H3. The highest BCUT2D eigenvalue weighted by Gasteiger charge is 2.51. The normalized spacial score (nSPS) is 14.9. The van der Waals surface area contributed by atoms with Gasteiger partial charge < -0.3 is 8.83 Å². The quantitative estimate of drug-likeness (QED) is 0.166. The van der Waals surface area contributed by atoms with E-state index in [2.05, 4.69) is 246 Å². The van der Waals surface area contributed by atoms with Crippen LogP contribution >= 0.6 is 0 Å². The molecule has 0 aliphatic heterocycles. The number of furan rings is 2. The molecular formula is C71H50O2. The predicted octanol–water partition coefficient (Wildman–Crippen LogP) is 18.8. The molecule has 346 valence electrons. The molecule has 2 nitrogen and oxygen atoms in total. The molecule has 2 aromatic heterocycles. The summed E-state index contributed by atoms with van der Waals surface area (Å²) in [7, 11) is 0. The van der Waals surface area contributed by atoms with Gasteiger partial charge in [-0.2, -0.15) is 0 Å². The molecule has 0 saturated heterocycles. The number of rotatable bonds is 6. The molecule has 0 bridgehead atoms.